The number of benzene rings is 1. The normalized spacial score (nSPS) is 16.8. The number of nitrogens with zero attached hydrogens (tertiary/aromatic N) is 2. The van der Waals surface area contributed by atoms with Gasteiger partial charge in [-0.1, -0.05) is 49.6 Å². The molecule has 1 aliphatic carbocycles. The quantitative estimate of drug-likeness (QED) is 0.893. The van der Waals surface area contributed by atoms with E-state index >= 15 is 0 Å². The van der Waals surface area contributed by atoms with Gasteiger partial charge in [-0.2, -0.15) is 0 Å². The van der Waals surface area contributed by atoms with Crippen molar-refractivity contribution in [1.29, 1.82) is 0 Å². The zero-order valence-electron chi connectivity index (χ0n) is 14.0. The summed E-state index contributed by atoms with van der Waals surface area (Å²) in [5.41, 5.74) is 1.35. The van der Waals surface area contributed by atoms with Crippen LogP contribution in [0.25, 0.3) is 0 Å². The van der Waals surface area contributed by atoms with Crippen LogP contribution in [-0.2, 0) is 0 Å². The predicted octanol–water partition coefficient (Wildman–Crippen LogP) is 3.96. The van der Waals surface area contributed by atoms with Crippen molar-refractivity contribution in [1.82, 2.24) is 9.88 Å². The Balaban J connectivity index is 1.80. The molecule has 0 bridgehead atoms. The van der Waals surface area contributed by atoms with Crippen LogP contribution in [0.2, 0.25) is 0 Å². The summed E-state index contributed by atoms with van der Waals surface area (Å²) in [6.07, 6.45) is 4.87. The van der Waals surface area contributed by atoms with E-state index in [1.165, 1.54) is 17.8 Å². The Hall–Kier alpha value is -1.72. The van der Waals surface area contributed by atoms with Gasteiger partial charge in [-0.05, 0) is 25.3 Å². The summed E-state index contributed by atoms with van der Waals surface area (Å²) in [6.45, 7) is 2.23. The van der Waals surface area contributed by atoms with Gasteiger partial charge in [0.1, 0.15) is 5.69 Å². The highest BCUT2D eigenvalue weighted by molar-refractivity contribution is 7.09. The van der Waals surface area contributed by atoms with Gasteiger partial charge in [0.15, 0.2) is 0 Å². The van der Waals surface area contributed by atoms with E-state index in [1.807, 2.05) is 47.5 Å². The molecule has 1 saturated carbocycles. The molecule has 1 N–H and O–H groups in total. The van der Waals surface area contributed by atoms with Gasteiger partial charge < -0.3 is 10.0 Å². The van der Waals surface area contributed by atoms with E-state index < -0.39 is 6.10 Å². The predicted molar refractivity (Wildman–Crippen MR) is 96.2 cm³/mol. The standard InChI is InChI=1S/C19H24N2O2S/c1-14-20-17(13-24-14)19(23)21(16-10-6-3-7-11-16)12-18(22)15-8-4-2-5-9-15/h2,4-5,8-9,13,16,18,22H,3,6-7,10-12H2,1H3/t18-/m0/s1. The maximum atomic E-state index is 13.0. The van der Waals surface area contributed by atoms with Crippen molar-refractivity contribution in [3.05, 3.63) is 52.0 Å². The third-order valence-electron chi connectivity index (χ3n) is 4.67. The SMILES string of the molecule is Cc1nc(C(=O)N(C[C@H](O)c2ccccc2)C2CCCCC2)cs1. The fourth-order valence-electron chi connectivity index (χ4n) is 3.37. The zero-order chi connectivity index (χ0) is 16.9. The number of thiazole rings is 1. The molecule has 2 aromatic rings. The molecule has 1 aromatic carbocycles. The topological polar surface area (TPSA) is 53.4 Å². The number of hydrogen-bond acceptors (Lipinski definition) is 4. The van der Waals surface area contributed by atoms with Crippen LogP contribution in [0.4, 0.5) is 0 Å². The highest BCUT2D eigenvalue weighted by Crippen LogP contribution is 2.26. The van der Waals surface area contributed by atoms with Crippen molar-refractivity contribution in [2.45, 2.75) is 51.2 Å². The number of carbonyl (C=O) groups is 1. The van der Waals surface area contributed by atoms with Crippen molar-refractivity contribution < 1.29 is 9.90 Å². The number of rotatable bonds is 5. The summed E-state index contributed by atoms with van der Waals surface area (Å²) in [7, 11) is 0. The highest BCUT2D eigenvalue weighted by Gasteiger charge is 2.29. The lowest BCUT2D eigenvalue weighted by atomic mass is 9.93. The molecule has 3 rings (SSSR count). The molecule has 1 aromatic heterocycles. The molecule has 4 nitrogen and oxygen atoms in total. The molecular formula is C19H24N2O2S. The van der Waals surface area contributed by atoms with Crippen LogP contribution in [0.5, 0.6) is 0 Å². The molecule has 5 heteroatoms. The lowest BCUT2D eigenvalue weighted by molar-refractivity contribution is 0.0449. The first-order valence-electron chi connectivity index (χ1n) is 8.61. The van der Waals surface area contributed by atoms with Crippen LogP contribution in [0.15, 0.2) is 35.7 Å². The molecule has 0 unspecified atom stereocenters. The summed E-state index contributed by atoms with van der Waals surface area (Å²) in [4.78, 5) is 19.2. The average molecular weight is 344 g/mol. The Morgan fingerprint density at radius 3 is 2.62 bits per heavy atom. The molecule has 1 aliphatic rings. The first kappa shape index (κ1) is 17.1. The summed E-state index contributed by atoms with van der Waals surface area (Å²) in [5.74, 6) is -0.0544. The molecular weight excluding hydrogens is 320 g/mol. The molecule has 0 spiro atoms. The second-order valence-electron chi connectivity index (χ2n) is 6.43. The second kappa shape index (κ2) is 7.90. The van der Waals surface area contributed by atoms with Gasteiger partial charge in [0, 0.05) is 11.4 Å². The highest BCUT2D eigenvalue weighted by atomic mass is 32.1. The first-order chi connectivity index (χ1) is 11.6. The van der Waals surface area contributed by atoms with Gasteiger partial charge in [0.05, 0.1) is 17.7 Å². The van der Waals surface area contributed by atoms with Crippen LogP contribution in [0.1, 0.15) is 59.3 Å². The average Bonchev–Trinajstić information content (AvgIpc) is 3.07. The number of amides is 1. The summed E-state index contributed by atoms with van der Waals surface area (Å²) in [5, 5.41) is 13.3. The minimum absolute atomic E-state index is 0.0544. The van der Waals surface area contributed by atoms with Crippen molar-refractivity contribution in [2.75, 3.05) is 6.54 Å². The molecule has 128 valence electrons. The smallest absolute Gasteiger partial charge is 0.273 e. The van der Waals surface area contributed by atoms with Gasteiger partial charge in [-0.3, -0.25) is 4.79 Å². The van der Waals surface area contributed by atoms with Crippen LogP contribution < -0.4 is 0 Å². The molecule has 0 saturated heterocycles. The minimum Gasteiger partial charge on any atom is -0.387 e. The van der Waals surface area contributed by atoms with Crippen molar-refractivity contribution >= 4 is 17.2 Å². The number of carbonyl (C=O) groups excluding carboxylic acids is 1. The maximum Gasteiger partial charge on any atom is 0.273 e. The van der Waals surface area contributed by atoms with E-state index in [1.54, 1.807) is 0 Å². The van der Waals surface area contributed by atoms with Crippen LogP contribution in [-0.4, -0.2) is 33.5 Å². The molecule has 1 atom stereocenters. The fourth-order valence-corrected chi connectivity index (χ4v) is 3.95. The maximum absolute atomic E-state index is 13.0. The van der Waals surface area contributed by atoms with E-state index in [4.69, 9.17) is 0 Å². The molecule has 1 amide bonds. The number of aromatic nitrogens is 1. The van der Waals surface area contributed by atoms with E-state index in [-0.39, 0.29) is 11.9 Å². The monoisotopic (exact) mass is 344 g/mol. The number of hydrogen-bond donors (Lipinski definition) is 1. The molecule has 0 radical (unpaired) electrons. The molecule has 0 aliphatic heterocycles. The second-order valence-corrected chi connectivity index (χ2v) is 7.49. The van der Waals surface area contributed by atoms with Gasteiger partial charge in [0.2, 0.25) is 0 Å². The first-order valence-corrected chi connectivity index (χ1v) is 9.49. The fraction of sp³-hybridized carbons (Fsp3) is 0.474. The van der Waals surface area contributed by atoms with E-state index in [0.717, 1.165) is 36.3 Å². The number of aliphatic hydroxyl groups is 1. The largest absolute Gasteiger partial charge is 0.387 e. The van der Waals surface area contributed by atoms with Gasteiger partial charge >= 0.3 is 0 Å². The summed E-state index contributed by atoms with van der Waals surface area (Å²) in [6, 6.07) is 9.76. The number of aliphatic hydroxyl groups excluding tert-OH is 1. The van der Waals surface area contributed by atoms with Crippen LogP contribution in [0, 0.1) is 6.92 Å². The van der Waals surface area contributed by atoms with Gasteiger partial charge in [0.25, 0.3) is 5.91 Å². The van der Waals surface area contributed by atoms with E-state index in [0.29, 0.717) is 12.2 Å². The van der Waals surface area contributed by atoms with E-state index in [9.17, 15) is 9.90 Å². The summed E-state index contributed by atoms with van der Waals surface area (Å²) >= 11 is 1.49. The Morgan fingerprint density at radius 2 is 2.00 bits per heavy atom. The third kappa shape index (κ3) is 4.02. The Labute approximate surface area is 147 Å². The van der Waals surface area contributed by atoms with Crippen molar-refractivity contribution in [3.8, 4) is 0 Å². The van der Waals surface area contributed by atoms with Crippen molar-refractivity contribution in [3.63, 3.8) is 0 Å². The zero-order valence-corrected chi connectivity index (χ0v) is 14.8. The molecule has 1 heterocycles. The van der Waals surface area contributed by atoms with Crippen LogP contribution in [0.3, 0.4) is 0 Å². The third-order valence-corrected chi connectivity index (χ3v) is 5.44. The minimum atomic E-state index is -0.670. The van der Waals surface area contributed by atoms with Gasteiger partial charge in [-0.25, -0.2) is 4.98 Å². The van der Waals surface area contributed by atoms with E-state index in [2.05, 4.69) is 4.98 Å². The summed E-state index contributed by atoms with van der Waals surface area (Å²) < 4.78 is 0. The molecule has 24 heavy (non-hydrogen) atoms. The van der Waals surface area contributed by atoms with Gasteiger partial charge in [-0.15, -0.1) is 11.3 Å². The molecule has 1 fully saturated rings. The van der Waals surface area contributed by atoms with Crippen molar-refractivity contribution in [2.24, 2.45) is 0 Å². The Bertz CT molecular complexity index is 665. The Morgan fingerprint density at radius 1 is 1.29 bits per heavy atom. The lowest BCUT2D eigenvalue weighted by Gasteiger charge is -2.35. The lowest BCUT2D eigenvalue weighted by Crippen LogP contribution is -2.44. The number of aryl methyl sites for hydroxylation is 1. The van der Waals surface area contributed by atoms with Crippen LogP contribution >= 0.6 is 11.3 Å². The Kier molecular flexibility index (Phi) is 5.63.